The van der Waals surface area contributed by atoms with Crippen molar-refractivity contribution in [1.29, 1.82) is 0 Å². The first-order valence-electron chi connectivity index (χ1n) is 5.44. The normalized spacial score (nSPS) is 11.6. The van der Waals surface area contributed by atoms with Crippen LogP contribution in [0.25, 0.3) is 10.9 Å². The Morgan fingerprint density at radius 1 is 1.38 bits per heavy atom. The lowest BCUT2D eigenvalue weighted by Crippen LogP contribution is -1.96. The number of benzene rings is 1. The average molecular weight is 298 g/mol. The molecule has 16 heavy (non-hydrogen) atoms. The van der Waals surface area contributed by atoms with Crippen molar-refractivity contribution in [2.24, 2.45) is 7.05 Å². The van der Waals surface area contributed by atoms with Gasteiger partial charge in [0.15, 0.2) is 0 Å². The van der Waals surface area contributed by atoms with E-state index in [1.807, 2.05) is 11.8 Å². The van der Waals surface area contributed by atoms with Crippen LogP contribution in [0.4, 0.5) is 0 Å². The van der Waals surface area contributed by atoms with E-state index in [1.54, 1.807) is 0 Å². The number of halogens is 1. The van der Waals surface area contributed by atoms with E-state index in [2.05, 4.69) is 65.7 Å². The predicted molar refractivity (Wildman–Crippen MR) is 77.1 cm³/mol. The van der Waals surface area contributed by atoms with Gasteiger partial charge in [-0.3, -0.25) is 0 Å². The Morgan fingerprint density at radius 3 is 2.75 bits per heavy atom. The fourth-order valence-corrected chi connectivity index (χ4v) is 3.24. The van der Waals surface area contributed by atoms with Crippen LogP contribution in [-0.2, 0) is 12.8 Å². The zero-order chi connectivity index (χ0) is 11.7. The molecule has 0 unspecified atom stereocenters. The lowest BCUT2D eigenvalue weighted by Gasteiger charge is -2.07. The number of aromatic nitrogens is 1. The summed E-state index contributed by atoms with van der Waals surface area (Å²) in [6, 6.07) is 8.65. The Balaban J connectivity index is 2.40. The number of nitrogens with zero attached hydrogens (tertiary/aromatic N) is 1. The smallest absolute Gasteiger partial charge is 0.0624 e. The second-order valence-electron chi connectivity index (χ2n) is 4.23. The molecule has 0 saturated carbocycles. The van der Waals surface area contributed by atoms with Crippen LogP contribution in [0, 0.1) is 0 Å². The first-order valence-corrected chi connectivity index (χ1v) is 7.28. The zero-order valence-corrected chi connectivity index (χ0v) is 12.2. The molecule has 0 amide bonds. The summed E-state index contributed by atoms with van der Waals surface area (Å²) in [5, 5.41) is 2.00. The fraction of sp³-hybridized carbons (Fsp3) is 0.385. The van der Waals surface area contributed by atoms with E-state index in [-0.39, 0.29) is 0 Å². The lowest BCUT2D eigenvalue weighted by molar-refractivity contribution is 0.906. The Labute approximate surface area is 109 Å². The SMILES string of the molecule is CC(C)SCc1cc2cccc(Br)c2n1C. The quantitative estimate of drug-likeness (QED) is 0.803. The molecule has 1 aromatic carbocycles. The molecule has 2 rings (SSSR count). The van der Waals surface area contributed by atoms with Gasteiger partial charge in [0.1, 0.15) is 0 Å². The number of fused-ring (bicyclic) bond motifs is 1. The summed E-state index contributed by atoms with van der Waals surface area (Å²) in [4.78, 5) is 0. The van der Waals surface area contributed by atoms with Crippen LogP contribution < -0.4 is 0 Å². The van der Waals surface area contributed by atoms with Gasteiger partial charge in [0, 0.05) is 28.4 Å². The number of hydrogen-bond donors (Lipinski definition) is 0. The van der Waals surface area contributed by atoms with Crippen LogP contribution in [-0.4, -0.2) is 9.82 Å². The third-order valence-electron chi connectivity index (χ3n) is 2.67. The highest BCUT2D eigenvalue weighted by atomic mass is 79.9. The predicted octanol–water partition coefficient (Wildman–Crippen LogP) is 4.58. The summed E-state index contributed by atoms with van der Waals surface area (Å²) in [6.07, 6.45) is 0. The van der Waals surface area contributed by atoms with Gasteiger partial charge in [-0.2, -0.15) is 11.8 Å². The van der Waals surface area contributed by atoms with E-state index in [1.165, 1.54) is 21.1 Å². The standard InChI is InChI=1S/C13H16BrNS/c1-9(2)16-8-11-7-10-5-4-6-12(14)13(10)15(11)3/h4-7,9H,8H2,1-3H3. The maximum atomic E-state index is 3.61. The van der Waals surface area contributed by atoms with Crippen LogP contribution in [0.15, 0.2) is 28.7 Å². The Hall–Kier alpha value is -0.410. The number of rotatable bonds is 3. The molecule has 0 fully saturated rings. The van der Waals surface area contributed by atoms with Crippen molar-refractivity contribution in [2.75, 3.05) is 0 Å². The molecular weight excluding hydrogens is 282 g/mol. The van der Waals surface area contributed by atoms with Crippen molar-refractivity contribution in [3.63, 3.8) is 0 Å². The number of aryl methyl sites for hydroxylation is 1. The van der Waals surface area contributed by atoms with Gasteiger partial charge in [-0.15, -0.1) is 0 Å². The van der Waals surface area contributed by atoms with Gasteiger partial charge >= 0.3 is 0 Å². The van der Waals surface area contributed by atoms with E-state index in [0.29, 0.717) is 5.25 Å². The minimum atomic E-state index is 0.682. The van der Waals surface area contributed by atoms with Crippen molar-refractivity contribution >= 4 is 38.6 Å². The molecule has 0 aliphatic heterocycles. The maximum Gasteiger partial charge on any atom is 0.0624 e. The molecule has 1 heterocycles. The molecule has 1 aromatic heterocycles. The van der Waals surface area contributed by atoms with Gasteiger partial charge < -0.3 is 4.57 Å². The minimum absolute atomic E-state index is 0.682. The highest BCUT2D eigenvalue weighted by Crippen LogP contribution is 2.28. The number of hydrogen-bond acceptors (Lipinski definition) is 1. The highest BCUT2D eigenvalue weighted by Gasteiger charge is 2.08. The molecule has 0 atom stereocenters. The van der Waals surface area contributed by atoms with Crippen molar-refractivity contribution < 1.29 is 0 Å². The van der Waals surface area contributed by atoms with Crippen molar-refractivity contribution in [2.45, 2.75) is 24.9 Å². The number of para-hydroxylation sites is 1. The van der Waals surface area contributed by atoms with E-state index < -0.39 is 0 Å². The van der Waals surface area contributed by atoms with Crippen LogP contribution in [0.1, 0.15) is 19.5 Å². The van der Waals surface area contributed by atoms with Crippen molar-refractivity contribution in [3.8, 4) is 0 Å². The van der Waals surface area contributed by atoms with Crippen LogP contribution in [0.3, 0.4) is 0 Å². The van der Waals surface area contributed by atoms with E-state index in [0.717, 1.165) is 5.75 Å². The molecule has 0 N–H and O–H groups in total. The molecule has 2 aromatic rings. The third-order valence-corrected chi connectivity index (χ3v) is 4.44. The van der Waals surface area contributed by atoms with Gasteiger partial charge in [-0.1, -0.05) is 26.0 Å². The molecule has 0 aliphatic rings. The molecule has 0 radical (unpaired) electrons. The van der Waals surface area contributed by atoms with Gasteiger partial charge in [0.2, 0.25) is 0 Å². The van der Waals surface area contributed by atoms with Crippen molar-refractivity contribution in [1.82, 2.24) is 4.57 Å². The summed E-state index contributed by atoms with van der Waals surface area (Å²) in [6.45, 7) is 4.48. The lowest BCUT2D eigenvalue weighted by atomic mass is 10.2. The average Bonchev–Trinajstić information content (AvgIpc) is 2.54. The molecule has 0 bridgehead atoms. The van der Waals surface area contributed by atoms with E-state index >= 15 is 0 Å². The first-order chi connectivity index (χ1) is 7.59. The van der Waals surface area contributed by atoms with E-state index in [9.17, 15) is 0 Å². The van der Waals surface area contributed by atoms with E-state index in [4.69, 9.17) is 0 Å². The first kappa shape index (κ1) is 12.1. The molecule has 0 spiro atoms. The zero-order valence-electron chi connectivity index (χ0n) is 9.83. The molecule has 86 valence electrons. The van der Waals surface area contributed by atoms with Gasteiger partial charge in [0.05, 0.1) is 5.52 Å². The summed E-state index contributed by atoms with van der Waals surface area (Å²) >= 11 is 5.60. The van der Waals surface area contributed by atoms with Crippen LogP contribution in [0.5, 0.6) is 0 Å². The molecule has 1 nitrogen and oxygen atoms in total. The third kappa shape index (κ3) is 2.30. The van der Waals surface area contributed by atoms with Crippen LogP contribution in [0.2, 0.25) is 0 Å². The van der Waals surface area contributed by atoms with Gasteiger partial charge in [0.25, 0.3) is 0 Å². The summed E-state index contributed by atoms with van der Waals surface area (Å²) in [5.74, 6) is 1.08. The minimum Gasteiger partial charge on any atom is -0.346 e. The maximum absolute atomic E-state index is 3.61. The monoisotopic (exact) mass is 297 g/mol. The Bertz CT molecular complexity index is 502. The summed E-state index contributed by atoms with van der Waals surface area (Å²) < 4.78 is 3.46. The second kappa shape index (κ2) is 4.84. The molecule has 3 heteroatoms. The van der Waals surface area contributed by atoms with Gasteiger partial charge in [-0.25, -0.2) is 0 Å². The topological polar surface area (TPSA) is 4.93 Å². The fourth-order valence-electron chi connectivity index (χ4n) is 1.81. The second-order valence-corrected chi connectivity index (χ2v) is 6.65. The summed E-state index contributed by atoms with van der Waals surface area (Å²) in [7, 11) is 2.14. The largest absolute Gasteiger partial charge is 0.346 e. The number of thioether (sulfide) groups is 1. The Morgan fingerprint density at radius 2 is 2.12 bits per heavy atom. The molecule has 0 saturated heterocycles. The molecular formula is C13H16BrNS. The summed E-state index contributed by atoms with van der Waals surface area (Å²) in [5.41, 5.74) is 2.68. The highest BCUT2D eigenvalue weighted by molar-refractivity contribution is 9.10. The van der Waals surface area contributed by atoms with Crippen LogP contribution >= 0.6 is 27.7 Å². The molecule has 0 aliphatic carbocycles. The van der Waals surface area contributed by atoms with Gasteiger partial charge in [-0.05, 0) is 33.3 Å². The van der Waals surface area contributed by atoms with Crippen molar-refractivity contribution in [3.05, 3.63) is 34.4 Å². The Kier molecular flexibility index (Phi) is 3.65.